The van der Waals surface area contributed by atoms with Crippen LogP contribution in [0.4, 0.5) is 11.4 Å². The maximum absolute atomic E-state index is 12.8. The molecule has 216 valence electrons. The van der Waals surface area contributed by atoms with E-state index < -0.39 is 12.0 Å². The highest BCUT2D eigenvalue weighted by Gasteiger charge is 2.23. The molecule has 4 aromatic carbocycles. The van der Waals surface area contributed by atoms with Gasteiger partial charge in [0.1, 0.15) is 6.04 Å². The first-order valence-corrected chi connectivity index (χ1v) is 14.6. The average Bonchev–Trinajstić information content (AvgIpc) is 3.01. The summed E-state index contributed by atoms with van der Waals surface area (Å²) in [4.78, 5) is 29.5. The first-order valence-electron chi connectivity index (χ1n) is 14.6. The highest BCUT2D eigenvalue weighted by atomic mass is 16.4. The summed E-state index contributed by atoms with van der Waals surface area (Å²) in [5.74, 6) is -1.43. The van der Waals surface area contributed by atoms with Crippen molar-refractivity contribution in [3.63, 3.8) is 0 Å². The van der Waals surface area contributed by atoms with E-state index in [9.17, 15) is 14.7 Å². The Morgan fingerprint density at radius 3 is 1.71 bits per heavy atom. The topological polar surface area (TPSA) is 72.9 Å². The quantitative estimate of drug-likeness (QED) is 0.260. The maximum atomic E-state index is 12.8. The summed E-state index contributed by atoms with van der Waals surface area (Å²) in [6.45, 7) is 10.00. The Bertz CT molecular complexity index is 1480. The smallest absolute Gasteiger partial charge is 0.326 e. The van der Waals surface area contributed by atoms with Gasteiger partial charge in [-0.2, -0.15) is 0 Å². The second-order valence-corrected chi connectivity index (χ2v) is 11.9. The molecule has 1 atom stereocenters. The van der Waals surface area contributed by atoms with Crippen molar-refractivity contribution in [1.82, 2.24) is 5.32 Å². The number of piperazine rings is 1. The molecule has 0 saturated carbocycles. The second-order valence-electron chi connectivity index (χ2n) is 11.9. The van der Waals surface area contributed by atoms with E-state index in [4.69, 9.17) is 0 Å². The van der Waals surface area contributed by atoms with Gasteiger partial charge in [-0.1, -0.05) is 87.5 Å². The largest absolute Gasteiger partial charge is 0.480 e. The van der Waals surface area contributed by atoms with Gasteiger partial charge in [-0.05, 0) is 64.1 Å². The van der Waals surface area contributed by atoms with Crippen LogP contribution in [0.1, 0.15) is 42.3 Å². The fourth-order valence-electron chi connectivity index (χ4n) is 5.36. The Morgan fingerprint density at radius 2 is 1.21 bits per heavy atom. The Morgan fingerprint density at radius 1 is 0.714 bits per heavy atom. The van der Waals surface area contributed by atoms with Crippen molar-refractivity contribution in [3.8, 4) is 11.1 Å². The van der Waals surface area contributed by atoms with E-state index >= 15 is 0 Å². The molecule has 1 aliphatic heterocycles. The number of rotatable bonds is 8. The van der Waals surface area contributed by atoms with Crippen LogP contribution in [0.3, 0.4) is 0 Å². The number of amides is 1. The molecule has 0 radical (unpaired) electrons. The van der Waals surface area contributed by atoms with Crippen LogP contribution in [0.15, 0.2) is 103 Å². The molecule has 5 rings (SSSR count). The molecule has 0 spiro atoms. The highest BCUT2D eigenvalue weighted by molar-refractivity contribution is 5.96. The SMILES string of the molecule is CC(C)(C)c1ccc(C(=O)NC(Cc2ccc(N3CCN(c4ccc(-c5ccccc5)cc4)CC3)cc2)C(=O)O)cc1. The number of carbonyl (C=O) groups is 2. The van der Waals surface area contributed by atoms with Crippen molar-refractivity contribution < 1.29 is 14.7 Å². The van der Waals surface area contributed by atoms with Crippen molar-refractivity contribution in [2.75, 3.05) is 36.0 Å². The fourth-order valence-corrected chi connectivity index (χ4v) is 5.36. The van der Waals surface area contributed by atoms with Crippen LogP contribution in [0.2, 0.25) is 0 Å². The molecule has 1 amide bonds. The van der Waals surface area contributed by atoms with E-state index in [0.717, 1.165) is 43.0 Å². The molecule has 1 heterocycles. The lowest BCUT2D eigenvalue weighted by atomic mass is 9.86. The van der Waals surface area contributed by atoms with Gasteiger partial charge >= 0.3 is 5.97 Å². The number of aliphatic carboxylic acids is 1. The number of nitrogens with zero attached hydrogens (tertiary/aromatic N) is 2. The van der Waals surface area contributed by atoms with E-state index in [0.29, 0.717) is 5.56 Å². The number of carbonyl (C=O) groups excluding carboxylic acids is 1. The maximum Gasteiger partial charge on any atom is 0.326 e. The Labute approximate surface area is 248 Å². The predicted molar refractivity (Wildman–Crippen MR) is 170 cm³/mol. The third kappa shape index (κ3) is 7.00. The average molecular weight is 562 g/mol. The zero-order valence-electron chi connectivity index (χ0n) is 24.6. The summed E-state index contributed by atoms with van der Waals surface area (Å²) in [6.07, 6.45) is 0.216. The monoisotopic (exact) mass is 561 g/mol. The summed E-state index contributed by atoms with van der Waals surface area (Å²) >= 11 is 0. The van der Waals surface area contributed by atoms with E-state index in [-0.39, 0.29) is 17.7 Å². The molecule has 0 aromatic heterocycles. The van der Waals surface area contributed by atoms with Crippen LogP contribution < -0.4 is 15.1 Å². The van der Waals surface area contributed by atoms with Crippen molar-refractivity contribution in [2.45, 2.75) is 38.6 Å². The van der Waals surface area contributed by atoms with Crippen LogP contribution in [0, 0.1) is 0 Å². The Balaban J connectivity index is 1.15. The van der Waals surface area contributed by atoms with Crippen molar-refractivity contribution in [1.29, 1.82) is 0 Å². The second kappa shape index (κ2) is 12.5. The summed E-state index contributed by atoms with van der Waals surface area (Å²) in [6, 6.07) is 33.5. The van der Waals surface area contributed by atoms with Crippen LogP contribution in [0.25, 0.3) is 11.1 Å². The number of benzene rings is 4. The lowest BCUT2D eigenvalue weighted by Gasteiger charge is -2.37. The number of hydrogen-bond acceptors (Lipinski definition) is 4. The van der Waals surface area contributed by atoms with Crippen LogP contribution in [-0.4, -0.2) is 49.2 Å². The molecule has 1 aliphatic rings. The number of carboxylic acids is 1. The third-order valence-corrected chi connectivity index (χ3v) is 7.98. The van der Waals surface area contributed by atoms with Crippen LogP contribution in [0.5, 0.6) is 0 Å². The van der Waals surface area contributed by atoms with Crippen molar-refractivity contribution in [2.24, 2.45) is 0 Å². The molecule has 1 fully saturated rings. The van der Waals surface area contributed by atoms with Crippen LogP contribution >= 0.6 is 0 Å². The molecule has 6 nitrogen and oxygen atoms in total. The van der Waals surface area contributed by atoms with Gasteiger partial charge in [0.2, 0.25) is 0 Å². The number of hydrogen-bond donors (Lipinski definition) is 2. The van der Waals surface area contributed by atoms with E-state index in [1.807, 2.05) is 42.5 Å². The molecule has 2 N–H and O–H groups in total. The van der Waals surface area contributed by atoms with E-state index in [1.54, 1.807) is 12.1 Å². The third-order valence-electron chi connectivity index (χ3n) is 7.98. The summed E-state index contributed by atoms with van der Waals surface area (Å²) < 4.78 is 0. The van der Waals surface area contributed by atoms with Gasteiger partial charge in [0, 0.05) is 49.5 Å². The summed E-state index contributed by atoms with van der Waals surface area (Å²) in [7, 11) is 0. The first-order chi connectivity index (χ1) is 20.2. The standard InChI is InChI=1S/C36H39N3O3/c1-36(2,3)30-15-11-29(12-16-30)34(40)37-33(35(41)42)25-26-9-17-31(18-10-26)38-21-23-39(24-22-38)32-19-13-28(14-20-32)27-7-5-4-6-8-27/h4-20,33H,21-25H2,1-3H3,(H,37,40)(H,41,42). The molecule has 0 bridgehead atoms. The number of nitrogens with one attached hydrogen (secondary N) is 1. The molecule has 1 saturated heterocycles. The number of anilines is 2. The zero-order chi connectivity index (χ0) is 29.7. The minimum Gasteiger partial charge on any atom is -0.480 e. The van der Waals surface area contributed by atoms with Gasteiger partial charge in [-0.15, -0.1) is 0 Å². The van der Waals surface area contributed by atoms with Crippen molar-refractivity contribution >= 4 is 23.3 Å². The molecule has 6 heteroatoms. The minimum absolute atomic E-state index is 0.0204. The van der Waals surface area contributed by atoms with Gasteiger partial charge in [0.05, 0.1) is 0 Å². The molecular weight excluding hydrogens is 522 g/mol. The van der Waals surface area contributed by atoms with E-state index in [2.05, 4.69) is 84.4 Å². The van der Waals surface area contributed by atoms with Crippen molar-refractivity contribution in [3.05, 3.63) is 120 Å². The summed E-state index contributed by atoms with van der Waals surface area (Å²) in [5, 5.41) is 12.5. The van der Waals surface area contributed by atoms with Gasteiger partial charge in [-0.3, -0.25) is 4.79 Å². The van der Waals surface area contributed by atoms with Crippen LogP contribution in [-0.2, 0) is 16.6 Å². The lowest BCUT2D eigenvalue weighted by molar-refractivity contribution is -0.139. The minimum atomic E-state index is -1.05. The molecule has 1 unspecified atom stereocenters. The first kappa shape index (κ1) is 28.9. The zero-order valence-corrected chi connectivity index (χ0v) is 24.6. The van der Waals surface area contributed by atoms with Gasteiger partial charge in [0.25, 0.3) is 5.91 Å². The normalized spacial score (nSPS) is 14.4. The predicted octanol–water partition coefficient (Wildman–Crippen LogP) is 6.40. The van der Waals surface area contributed by atoms with Gasteiger partial charge in [-0.25, -0.2) is 4.79 Å². The van der Waals surface area contributed by atoms with Gasteiger partial charge in [0.15, 0.2) is 0 Å². The summed E-state index contributed by atoms with van der Waals surface area (Å²) in [5.41, 5.74) is 7.21. The number of carboxylic acid groups (broad SMARTS) is 1. The Hall–Kier alpha value is -4.58. The highest BCUT2D eigenvalue weighted by Crippen LogP contribution is 2.26. The lowest BCUT2D eigenvalue weighted by Crippen LogP contribution is -2.46. The van der Waals surface area contributed by atoms with E-state index in [1.165, 1.54) is 16.8 Å². The molecule has 0 aliphatic carbocycles. The molecular formula is C36H39N3O3. The Kier molecular flexibility index (Phi) is 8.62. The van der Waals surface area contributed by atoms with Gasteiger partial charge < -0.3 is 20.2 Å². The fraction of sp³-hybridized carbons (Fsp3) is 0.278. The molecule has 42 heavy (non-hydrogen) atoms. The molecule has 4 aromatic rings.